The smallest absolute Gasteiger partial charge is 0.272 e. The van der Waals surface area contributed by atoms with Gasteiger partial charge in [0.15, 0.2) is 0 Å². The van der Waals surface area contributed by atoms with Crippen LogP contribution in [0.1, 0.15) is 35.5 Å². The number of carbonyl (C=O) groups excluding carboxylic acids is 1. The highest BCUT2D eigenvalue weighted by Gasteiger charge is 2.11. The molecule has 3 rings (SSSR count). The molecule has 1 aromatic heterocycles. The van der Waals surface area contributed by atoms with E-state index >= 15 is 0 Å². The van der Waals surface area contributed by atoms with Gasteiger partial charge in [0, 0.05) is 29.9 Å². The summed E-state index contributed by atoms with van der Waals surface area (Å²) >= 11 is 0. The maximum absolute atomic E-state index is 12.6. The summed E-state index contributed by atoms with van der Waals surface area (Å²) in [4.78, 5) is 19.3. The third-order valence-corrected chi connectivity index (χ3v) is 4.49. The number of fused-ring (bicyclic) bond motifs is 1. The molecule has 0 saturated heterocycles. The number of aryl methyl sites for hydroxylation is 1. The van der Waals surface area contributed by atoms with Crippen molar-refractivity contribution in [1.29, 1.82) is 0 Å². The molecule has 5 heteroatoms. The lowest BCUT2D eigenvalue weighted by Gasteiger charge is -2.20. The van der Waals surface area contributed by atoms with E-state index < -0.39 is 0 Å². The second kappa shape index (κ2) is 8.45. The number of hydrogen-bond acceptors (Lipinski definition) is 4. The average Bonchev–Trinajstić information content (AvgIpc) is 2.69. The molecule has 27 heavy (non-hydrogen) atoms. The van der Waals surface area contributed by atoms with E-state index in [1.165, 1.54) is 5.69 Å². The van der Waals surface area contributed by atoms with Gasteiger partial charge in [-0.25, -0.2) is 5.43 Å². The molecule has 0 atom stereocenters. The summed E-state index contributed by atoms with van der Waals surface area (Å²) in [5, 5.41) is 4.93. The Bertz CT molecular complexity index is 960. The Morgan fingerprint density at radius 3 is 2.52 bits per heavy atom. The minimum atomic E-state index is -0.243. The average molecular weight is 360 g/mol. The Hall–Kier alpha value is -3.21. The van der Waals surface area contributed by atoms with E-state index in [4.69, 9.17) is 0 Å². The predicted molar refractivity (Wildman–Crippen MR) is 112 cm³/mol. The van der Waals surface area contributed by atoms with Crippen LogP contribution in [0.5, 0.6) is 0 Å². The number of carbonyl (C=O) groups is 1. The lowest BCUT2D eigenvalue weighted by atomic mass is 10.1. The zero-order valence-corrected chi connectivity index (χ0v) is 15.9. The highest BCUT2D eigenvalue weighted by atomic mass is 16.2. The number of anilines is 1. The number of pyridine rings is 1. The number of benzene rings is 2. The summed E-state index contributed by atoms with van der Waals surface area (Å²) in [5.74, 6) is -0.243. The predicted octanol–water partition coefficient (Wildman–Crippen LogP) is 4.15. The summed E-state index contributed by atoms with van der Waals surface area (Å²) in [6, 6.07) is 17.5. The van der Waals surface area contributed by atoms with Crippen LogP contribution in [0.3, 0.4) is 0 Å². The first-order chi connectivity index (χ1) is 13.1. The topological polar surface area (TPSA) is 57.6 Å². The standard InChI is InChI=1S/C22H24N4O/c1-4-26(5-2)18-12-10-17(11-13-18)15-23-25-22(27)20-14-16(3)24-21-9-7-6-8-19(20)21/h6-15H,4-5H2,1-3H3,(H,25,27)/b23-15-. The van der Waals surface area contributed by atoms with Gasteiger partial charge in [0.1, 0.15) is 0 Å². The lowest BCUT2D eigenvalue weighted by molar-refractivity contribution is 0.0956. The van der Waals surface area contributed by atoms with E-state index in [2.05, 4.69) is 46.4 Å². The maximum Gasteiger partial charge on any atom is 0.272 e. The van der Waals surface area contributed by atoms with Crippen LogP contribution in [-0.4, -0.2) is 30.2 Å². The Labute approximate surface area is 159 Å². The molecule has 5 nitrogen and oxygen atoms in total. The molecule has 0 bridgehead atoms. The zero-order chi connectivity index (χ0) is 19.2. The molecule has 0 fully saturated rings. The molecule has 1 N–H and O–H groups in total. The molecule has 1 amide bonds. The van der Waals surface area contributed by atoms with Crippen molar-refractivity contribution in [3.63, 3.8) is 0 Å². The van der Waals surface area contributed by atoms with Crippen molar-refractivity contribution in [1.82, 2.24) is 10.4 Å². The second-order valence-corrected chi connectivity index (χ2v) is 6.29. The van der Waals surface area contributed by atoms with E-state index in [1.54, 1.807) is 12.3 Å². The van der Waals surface area contributed by atoms with Crippen LogP contribution < -0.4 is 10.3 Å². The van der Waals surface area contributed by atoms with E-state index in [9.17, 15) is 4.79 Å². The molecule has 0 saturated carbocycles. The molecule has 0 aliphatic heterocycles. The number of hydrazone groups is 1. The van der Waals surface area contributed by atoms with Crippen molar-refractivity contribution in [2.75, 3.05) is 18.0 Å². The summed E-state index contributed by atoms with van der Waals surface area (Å²) in [5.41, 5.74) is 6.91. The van der Waals surface area contributed by atoms with Crippen molar-refractivity contribution >= 4 is 28.7 Å². The maximum atomic E-state index is 12.6. The number of rotatable bonds is 6. The zero-order valence-electron chi connectivity index (χ0n) is 15.9. The van der Waals surface area contributed by atoms with Gasteiger partial charge < -0.3 is 4.90 Å². The summed E-state index contributed by atoms with van der Waals surface area (Å²) in [6.45, 7) is 8.10. The Balaban J connectivity index is 1.72. The molecule has 0 aliphatic rings. The van der Waals surface area contributed by atoms with Crippen LogP contribution in [-0.2, 0) is 0 Å². The number of para-hydroxylation sites is 1. The highest BCUT2D eigenvalue weighted by Crippen LogP contribution is 2.18. The fourth-order valence-corrected chi connectivity index (χ4v) is 3.08. The van der Waals surface area contributed by atoms with Gasteiger partial charge in [-0.05, 0) is 50.6 Å². The molecule has 1 heterocycles. The highest BCUT2D eigenvalue weighted by molar-refractivity contribution is 6.06. The quantitative estimate of drug-likeness (QED) is 0.531. The first-order valence-electron chi connectivity index (χ1n) is 9.17. The van der Waals surface area contributed by atoms with Crippen molar-refractivity contribution in [3.05, 3.63) is 71.4 Å². The van der Waals surface area contributed by atoms with Gasteiger partial charge in [-0.3, -0.25) is 9.78 Å². The number of amides is 1. The fourth-order valence-electron chi connectivity index (χ4n) is 3.08. The van der Waals surface area contributed by atoms with Crippen LogP contribution in [0.15, 0.2) is 59.7 Å². The molecule has 138 valence electrons. The summed E-state index contributed by atoms with van der Waals surface area (Å²) in [6.07, 6.45) is 1.65. The minimum absolute atomic E-state index is 0.243. The van der Waals surface area contributed by atoms with Gasteiger partial charge in [0.05, 0.1) is 17.3 Å². The SMILES string of the molecule is CCN(CC)c1ccc(/C=N\NC(=O)c2cc(C)nc3ccccc23)cc1. The number of hydrogen-bond donors (Lipinski definition) is 1. The molecular formula is C22H24N4O. The third-order valence-electron chi connectivity index (χ3n) is 4.49. The van der Waals surface area contributed by atoms with Crippen LogP contribution in [0.25, 0.3) is 10.9 Å². The van der Waals surface area contributed by atoms with Crippen LogP contribution in [0.4, 0.5) is 5.69 Å². The number of aromatic nitrogens is 1. The van der Waals surface area contributed by atoms with Crippen LogP contribution in [0.2, 0.25) is 0 Å². The molecule has 0 unspecified atom stereocenters. The molecule has 0 aliphatic carbocycles. The lowest BCUT2D eigenvalue weighted by Crippen LogP contribution is -2.21. The minimum Gasteiger partial charge on any atom is -0.372 e. The normalized spacial score (nSPS) is 11.1. The first-order valence-corrected chi connectivity index (χ1v) is 9.17. The summed E-state index contributed by atoms with van der Waals surface area (Å²) < 4.78 is 0. The molecule has 3 aromatic rings. The Morgan fingerprint density at radius 1 is 1.11 bits per heavy atom. The van der Waals surface area contributed by atoms with Crippen LogP contribution in [0, 0.1) is 6.92 Å². The van der Waals surface area contributed by atoms with Gasteiger partial charge in [-0.2, -0.15) is 5.10 Å². The third kappa shape index (κ3) is 4.31. The molecule has 0 spiro atoms. The van der Waals surface area contributed by atoms with Gasteiger partial charge in [0.25, 0.3) is 5.91 Å². The van der Waals surface area contributed by atoms with Crippen molar-refractivity contribution in [2.45, 2.75) is 20.8 Å². The van der Waals surface area contributed by atoms with Crippen molar-refractivity contribution in [3.8, 4) is 0 Å². The van der Waals surface area contributed by atoms with E-state index in [0.29, 0.717) is 5.56 Å². The fraction of sp³-hybridized carbons (Fsp3) is 0.227. The molecular weight excluding hydrogens is 336 g/mol. The van der Waals surface area contributed by atoms with Gasteiger partial charge >= 0.3 is 0 Å². The summed E-state index contributed by atoms with van der Waals surface area (Å²) in [7, 11) is 0. The second-order valence-electron chi connectivity index (χ2n) is 6.29. The van der Waals surface area contributed by atoms with E-state index in [1.807, 2.05) is 43.3 Å². The van der Waals surface area contributed by atoms with Crippen LogP contribution >= 0.6 is 0 Å². The van der Waals surface area contributed by atoms with Gasteiger partial charge in [0.2, 0.25) is 0 Å². The van der Waals surface area contributed by atoms with E-state index in [0.717, 1.165) is 35.2 Å². The first kappa shape index (κ1) is 18.6. The van der Waals surface area contributed by atoms with Gasteiger partial charge in [-0.1, -0.05) is 30.3 Å². The van der Waals surface area contributed by atoms with Crippen molar-refractivity contribution in [2.24, 2.45) is 5.10 Å². The Kier molecular flexibility index (Phi) is 5.81. The Morgan fingerprint density at radius 2 is 1.81 bits per heavy atom. The number of nitrogens with zero attached hydrogens (tertiary/aromatic N) is 3. The van der Waals surface area contributed by atoms with E-state index in [-0.39, 0.29) is 5.91 Å². The van der Waals surface area contributed by atoms with Gasteiger partial charge in [-0.15, -0.1) is 0 Å². The van der Waals surface area contributed by atoms with Crippen molar-refractivity contribution < 1.29 is 4.79 Å². The number of nitrogens with one attached hydrogen (secondary N) is 1. The largest absolute Gasteiger partial charge is 0.372 e. The molecule has 2 aromatic carbocycles. The molecule has 0 radical (unpaired) electrons. The monoisotopic (exact) mass is 360 g/mol.